The molecule has 2 aromatic carbocycles. The zero-order chi connectivity index (χ0) is 19.0. The summed E-state index contributed by atoms with van der Waals surface area (Å²) in [5.74, 6) is 0.796. The van der Waals surface area contributed by atoms with Gasteiger partial charge in [-0.3, -0.25) is 0 Å². The van der Waals surface area contributed by atoms with E-state index in [1.165, 1.54) is 18.4 Å². The summed E-state index contributed by atoms with van der Waals surface area (Å²) < 4.78 is 11.6. The second-order valence-corrected chi connectivity index (χ2v) is 7.30. The van der Waals surface area contributed by atoms with Gasteiger partial charge >= 0.3 is 5.63 Å². The van der Waals surface area contributed by atoms with Crippen LogP contribution in [0.1, 0.15) is 42.0 Å². The molecule has 0 radical (unpaired) electrons. The lowest BCUT2D eigenvalue weighted by Gasteiger charge is -2.31. The zero-order valence-corrected chi connectivity index (χ0v) is 16.2. The second-order valence-electron chi connectivity index (χ2n) is 7.30. The van der Waals surface area contributed by atoms with Crippen molar-refractivity contribution in [1.29, 1.82) is 0 Å². The summed E-state index contributed by atoms with van der Waals surface area (Å²) in [6.45, 7) is 7.14. The van der Waals surface area contributed by atoms with E-state index in [1.54, 1.807) is 0 Å². The van der Waals surface area contributed by atoms with Gasteiger partial charge in [-0.25, -0.2) is 4.79 Å². The molecule has 140 valence electrons. The summed E-state index contributed by atoms with van der Waals surface area (Å²) in [5.41, 5.74) is 5.43. The molecule has 0 saturated heterocycles. The fourth-order valence-electron chi connectivity index (χ4n) is 3.64. The van der Waals surface area contributed by atoms with E-state index >= 15 is 0 Å². The lowest BCUT2D eigenvalue weighted by atomic mass is 10.0. The van der Waals surface area contributed by atoms with Crippen molar-refractivity contribution < 1.29 is 9.15 Å². The molecule has 0 amide bonds. The average Bonchev–Trinajstić information content (AvgIpc) is 2.70. The van der Waals surface area contributed by atoms with Crippen LogP contribution in [0.5, 0.6) is 5.75 Å². The maximum Gasteiger partial charge on any atom is 0.339 e. The molecule has 0 spiro atoms. The molecule has 0 aliphatic carbocycles. The van der Waals surface area contributed by atoms with Crippen LogP contribution in [0.15, 0.2) is 45.6 Å². The maximum atomic E-state index is 12.2. The van der Waals surface area contributed by atoms with Crippen molar-refractivity contribution in [2.75, 3.05) is 11.6 Å². The second kappa shape index (κ2) is 7.10. The van der Waals surface area contributed by atoms with Gasteiger partial charge in [0.1, 0.15) is 11.3 Å². The van der Waals surface area contributed by atoms with Gasteiger partial charge < -0.3 is 14.1 Å². The van der Waals surface area contributed by atoms with Crippen molar-refractivity contribution in [3.05, 3.63) is 69.1 Å². The third-order valence-corrected chi connectivity index (χ3v) is 5.53. The van der Waals surface area contributed by atoms with Crippen LogP contribution in [0, 0.1) is 13.8 Å². The number of benzene rings is 2. The monoisotopic (exact) mass is 363 g/mol. The minimum atomic E-state index is -0.272. The Morgan fingerprint density at radius 2 is 1.81 bits per heavy atom. The molecule has 0 bridgehead atoms. The van der Waals surface area contributed by atoms with Crippen LogP contribution in [0.25, 0.3) is 11.0 Å². The summed E-state index contributed by atoms with van der Waals surface area (Å²) in [6, 6.07) is 12.6. The summed E-state index contributed by atoms with van der Waals surface area (Å²) in [4.78, 5) is 14.4. The van der Waals surface area contributed by atoms with Gasteiger partial charge in [0.25, 0.3) is 0 Å². The summed E-state index contributed by atoms with van der Waals surface area (Å²) >= 11 is 0. The van der Waals surface area contributed by atoms with Crippen molar-refractivity contribution in [2.45, 2.75) is 46.6 Å². The number of ether oxygens (including phenoxy) is 1. The standard InChI is InChI=1S/C23H25NO3/c1-4-5-6-17-7-9-18(10-8-17)24-13-20-21(26-14-24)12-11-19-15(2)16(3)23(25)27-22(19)20/h7-12H,4-6,13-14H2,1-3H3. The van der Waals surface area contributed by atoms with Gasteiger partial charge in [0, 0.05) is 16.6 Å². The largest absolute Gasteiger partial charge is 0.473 e. The van der Waals surface area contributed by atoms with Crippen LogP contribution >= 0.6 is 0 Å². The van der Waals surface area contributed by atoms with Gasteiger partial charge in [-0.05, 0) is 62.1 Å². The Morgan fingerprint density at radius 3 is 2.56 bits per heavy atom. The van der Waals surface area contributed by atoms with E-state index < -0.39 is 0 Å². The number of rotatable bonds is 4. The number of anilines is 1. The molecule has 2 heterocycles. The smallest absolute Gasteiger partial charge is 0.339 e. The van der Waals surface area contributed by atoms with Crippen LogP contribution in [0.4, 0.5) is 5.69 Å². The molecule has 0 fully saturated rings. The van der Waals surface area contributed by atoms with Crippen LogP contribution in [0.2, 0.25) is 0 Å². The fraction of sp³-hybridized carbons (Fsp3) is 0.348. The minimum Gasteiger partial charge on any atom is -0.473 e. The Hall–Kier alpha value is -2.75. The van der Waals surface area contributed by atoms with E-state index in [0.717, 1.165) is 34.4 Å². The quantitative estimate of drug-likeness (QED) is 0.604. The molecule has 4 heteroatoms. The third kappa shape index (κ3) is 3.20. The van der Waals surface area contributed by atoms with E-state index in [2.05, 4.69) is 36.1 Å². The first-order chi connectivity index (χ1) is 13.1. The molecule has 27 heavy (non-hydrogen) atoms. The topological polar surface area (TPSA) is 42.7 Å². The normalized spacial score (nSPS) is 13.5. The number of aryl methyl sites for hydroxylation is 2. The van der Waals surface area contributed by atoms with E-state index in [0.29, 0.717) is 24.4 Å². The highest BCUT2D eigenvalue weighted by Gasteiger charge is 2.23. The van der Waals surface area contributed by atoms with E-state index in [-0.39, 0.29) is 5.63 Å². The molecule has 3 aromatic rings. The Labute approximate surface area is 159 Å². The van der Waals surface area contributed by atoms with Gasteiger partial charge in [0.2, 0.25) is 0 Å². The van der Waals surface area contributed by atoms with Gasteiger partial charge in [0.05, 0.1) is 12.1 Å². The lowest BCUT2D eigenvalue weighted by Crippen LogP contribution is -2.32. The van der Waals surface area contributed by atoms with Crippen molar-refractivity contribution in [3.8, 4) is 5.75 Å². The molecule has 1 aliphatic heterocycles. The Balaban J connectivity index is 1.69. The predicted octanol–water partition coefficient (Wildman–Crippen LogP) is 5.11. The molecular weight excluding hydrogens is 338 g/mol. The molecule has 1 aromatic heterocycles. The van der Waals surface area contributed by atoms with E-state index in [4.69, 9.17) is 9.15 Å². The highest BCUT2D eigenvalue weighted by molar-refractivity contribution is 5.86. The van der Waals surface area contributed by atoms with E-state index in [9.17, 15) is 4.79 Å². The average molecular weight is 363 g/mol. The van der Waals surface area contributed by atoms with Crippen LogP contribution in [-0.2, 0) is 13.0 Å². The molecule has 0 unspecified atom stereocenters. The van der Waals surface area contributed by atoms with Crippen LogP contribution in [0.3, 0.4) is 0 Å². The molecule has 0 N–H and O–H groups in total. The summed E-state index contributed by atoms with van der Waals surface area (Å²) in [5, 5.41) is 0.978. The molecule has 0 atom stereocenters. The molecule has 4 rings (SSSR count). The van der Waals surface area contributed by atoms with Crippen molar-refractivity contribution in [1.82, 2.24) is 0 Å². The van der Waals surface area contributed by atoms with Crippen molar-refractivity contribution in [3.63, 3.8) is 0 Å². The minimum absolute atomic E-state index is 0.272. The summed E-state index contributed by atoms with van der Waals surface area (Å²) in [6.07, 6.45) is 3.53. The van der Waals surface area contributed by atoms with Crippen LogP contribution in [-0.4, -0.2) is 6.73 Å². The number of hydrogen-bond acceptors (Lipinski definition) is 4. The van der Waals surface area contributed by atoms with Gasteiger partial charge in [-0.1, -0.05) is 25.5 Å². The van der Waals surface area contributed by atoms with Crippen molar-refractivity contribution >= 4 is 16.7 Å². The Kier molecular flexibility index (Phi) is 4.65. The van der Waals surface area contributed by atoms with Gasteiger partial charge in [0.15, 0.2) is 6.73 Å². The molecule has 4 nitrogen and oxygen atoms in total. The highest BCUT2D eigenvalue weighted by atomic mass is 16.5. The first kappa shape index (κ1) is 17.7. The highest BCUT2D eigenvalue weighted by Crippen LogP contribution is 2.35. The zero-order valence-electron chi connectivity index (χ0n) is 16.2. The molecule has 0 saturated carbocycles. The Morgan fingerprint density at radius 1 is 1.04 bits per heavy atom. The van der Waals surface area contributed by atoms with E-state index in [1.807, 2.05) is 26.0 Å². The number of fused-ring (bicyclic) bond motifs is 3. The first-order valence-electron chi connectivity index (χ1n) is 9.61. The maximum absolute atomic E-state index is 12.2. The summed E-state index contributed by atoms with van der Waals surface area (Å²) in [7, 11) is 0. The molecular formula is C23H25NO3. The number of hydrogen-bond donors (Lipinski definition) is 0. The van der Waals surface area contributed by atoms with Gasteiger partial charge in [-0.15, -0.1) is 0 Å². The third-order valence-electron chi connectivity index (χ3n) is 5.53. The first-order valence-corrected chi connectivity index (χ1v) is 9.61. The van der Waals surface area contributed by atoms with Gasteiger partial charge in [-0.2, -0.15) is 0 Å². The SMILES string of the molecule is CCCCc1ccc(N2COc3ccc4c(C)c(C)c(=O)oc4c3C2)cc1. The fourth-order valence-corrected chi connectivity index (χ4v) is 3.64. The lowest BCUT2D eigenvalue weighted by molar-refractivity contribution is 0.289. The molecule has 1 aliphatic rings. The number of unbranched alkanes of at least 4 members (excludes halogenated alkanes) is 1. The van der Waals surface area contributed by atoms with Crippen LogP contribution < -0.4 is 15.3 Å². The Bertz CT molecular complexity index is 1030. The van der Waals surface area contributed by atoms with Crippen molar-refractivity contribution in [2.24, 2.45) is 0 Å². The predicted molar refractivity (Wildman–Crippen MR) is 109 cm³/mol. The number of nitrogens with zero attached hydrogens (tertiary/aromatic N) is 1.